The van der Waals surface area contributed by atoms with E-state index in [1.807, 2.05) is 31.2 Å². The number of anilines is 3. The van der Waals surface area contributed by atoms with E-state index in [-0.39, 0.29) is 0 Å². The molecule has 3 rings (SSSR count). The zero-order valence-corrected chi connectivity index (χ0v) is 12.7. The van der Waals surface area contributed by atoms with Crippen LogP contribution in [0.5, 0.6) is 5.75 Å². The van der Waals surface area contributed by atoms with Crippen LogP contribution in [-0.2, 0) is 0 Å². The maximum Gasteiger partial charge on any atom is 0.249 e. The van der Waals surface area contributed by atoms with Crippen molar-refractivity contribution in [3.8, 4) is 5.75 Å². The number of aromatic nitrogens is 3. The number of hydrogen-bond donors (Lipinski definition) is 2. The predicted molar refractivity (Wildman–Crippen MR) is 86.6 cm³/mol. The Labute approximate surface area is 130 Å². The summed E-state index contributed by atoms with van der Waals surface area (Å²) in [7, 11) is 0. The third-order valence-electron chi connectivity index (χ3n) is 3.70. The molecule has 1 fully saturated rings. The van der Waals surface area contributed by atoms with Crippen LogP contribution in [0.15, 0.2) is 30.5 Å². The molecule has 2 N–H and O–H groups in total. The minimum absolute atomic E-state index is 0.468. The van der Waals surface area contributed by atoms with Gasteiger partial charge in [0.1, 0.15) is 5.75 Å². The van der Waals surface area contributed by atoms with Crippen LogP contribution in [0.2, 0.25) is 0 Å². The second-order valence-corrected chi connectivity index (χ2v) is 5.35. The molecule has 0 bridgehead atoms. The van der Waals surface area contributed by atoms with Crippen LogP contribution in [0.25, 0.3) is 0 Å². The zero-order valence-electron chi connectivity index (χ0n) is 12.7. The van der Waals surface area contributed by atoms with Gasteiger partial charge in [-0.1, -0.05) is 25.0 Å². The fourth-order valence-corrected chi connectivity index (χ4v) is 2.68. The van der Waals surface area contributed by atoms with Gasteiger partial charge in [-0.25, -0.2) is 0 Å². The van der Waals surface area contributed by atoms with Crippen molar-refractivity contribution in [1.29, 1.82) is 0 Å². The van der Waals surface area contributed by atoms with Crippen LogP contribution >= 0.6 is 0 Å². The highest BCUT2D eigenvalue weighted by Crippen LogP contribution is 2.26. The molecule has 1 aliphatic rings. The molecule has 0 aliphatic heterocycles. The number of rotatable bonds is 6. The minimum atomic E-state index is 0.468. The van der Waals surface area contributed by atoms with E-state index < -0.39 is 0 Å². The lowest BCUT2D eigenvalue weighted by Crippen LogP contribution is -2.16. The van der Waals surface area contributed by atoms with E-state index in [1.54, 1.807) is 6.20 Å². The van der Waals surface area contributed by atoms with E-state index in [1.165, 1.54) is 25.7 Å². The van der Waals surface area contributed by atoms with Crippen molar-refractivity contribution in [3.63, 3.8) is 0 Å². The summed E-state index contributed by atoms with van der Waals surface area (Å²) in [5, 5.41) is 14.7. The molecular formula is C16H21N5O. The van der Waals surface area contributed by atoms with Crippen LogP contribution in [0.1, 0.15) is 32.6 Å². The molecule has 0 saturated heterocycles. The minimum Gasteiger partial charge on any atom is -0.492 e. The normalized spacial score (nSPS) is 14.8. The Hall–Kier alpha value is -2.37. The van der Waals surface area contributed by atoms with Gasteiger partial charge in [0.2, 0.25) is 5.95 Å². The number of ether oxygens (including phenoxy) is 1. The molecule has 0 radical (unpaired) electrons. The van der Waals surface area contributed by atoms with E-state index in [2.05, 4.69) is 25.8 Å². The number of benzene rings is 1. The van der Waals surface area contributed by atoms with Gasteiger partial charge < -0.3 is 15.4 Å². The Balaban J connectivity index is 1.72. The summed E-state index contributed by atoms with van der Waals surface area (Å²) in [5.41, 5.74) is 0.837. The zero-order chi connectivity index (χ0) is 15.2. The SMILES string of the molecule is CCOc1ccccc1Nc1nncc(NC2CCCC2)n1. The Morgan fingerprint density at radius 1 is 1.23 bits per heavy atom. The molecule has 22 heavy (non-hydrogen) atoms. The second-order valence-electron chi connectivity index (χ2n) is 5.35. The summed E-state index contributed by atoms with van der Waals surface area (Å²) < 4.78 is 5.59. The highest BCUT2D eigenvalue weighted by molar-refractivity contribution is 5.62. The highest BCUT2D eigenvalue weighted by atomic mass is 16.5. The summed E-state index contributed by atoms with van der Waals surface area (Å²) in [5.74, 6) is 2.01. The van der Waals surface area contributed by atoms with Crippen molar-refractivity contribution in [2.24, 2.45) is 0 Å². The molecule has 0 atom stereocenters. The summed E-state index contributed by atoms with van der Waals surface area (Å²) in [6.45, 7) is 2.57. The fourth-order valence-electron chi connectivity index (χ4n) is 2.68. The number of hydrogen-bond acceptors (Lipinski definition) is 6. The molecule has 1 heterocycles. The van der Waals surface area contributed by atoms with Crippen LogP contribution in [0.4, 0.5) is 17.5 Å². The van der Waals surface area contributed by atoms with E-state index >= 15 is 0 Å². The number of para-hydroxylation sites is 2. The summed E-state index contributed by atoms with van der Waals surface area (Å²) in [6, 6.07) is 8.23. The van der Waals surface area contributed by atoms with Gasteiger partial charge in [0.15, 0.2) is 5.82 Å². The maximum absolute atomic E-state index is 5.59. The molecule has 6 heteroatoms. The van der Waals surface area contributed by atoms with Crippen LogP contribution in [0.3, 0.4) is 0 Å². The second kappa shape index (κ2) is 7.06. The highest BCUT2D eigenvalue weighted by Gasteiger charge is 2.15. The summed E-state index contributed by atoms with van der Waals surface area (Å²) >= 11 is 0. The molecule has 0 amide bonds. The van der Waals surface area contributed by atoms with Crippen molar-refractivity contribution in [1.82, 2.24) is 15.2 Å². The van der Waals surface area contributed by atoms with Gasteiger partial charge in [-0.05, 0) is 31.9 Å². The monoisotopic (exact) mass is 299 g/mol. The lowest BCUT2D eigenvalue weighted by molar-refractivity contribution is 0.342. The van der Waals surface area contributed by atoms with Crippen LogP contribution in [-0.4, -0.2) is 27.8 Å². The number of nitrogens with zero attached hydrogens (tertiary/aromatic N) is 3. The van der Waals surface area contributed by atoms with Gasteiger partial charge in [0, 0.05) is 6.04 Å². The van der Waals surface area contributed by atoms with Crippen molar-refractivity contribution in [2.75, 3.05) is 17.2 Å². The molecular weight excluding hydrogens is 278 g/mol. The van der Waals surface area contributed by atoms with Crippen molar-refractivity contribution in [2.45, 2.75) is 38.6 Å². The summed E-state index contributed by atoms with van der Waals surface area (Å²) in [4.78, 5) is 4.48. The molecule has 0 spiro atoms. The average molecular weight is 299 g/mol. The topological polar surface area (TPSA) is 72.0 Å². The van der Waals surface area contributed by atoms with Gasteiger partial charge in [-0.2, -0.15) is 10.1 Å². The first-order valence-corrected chi connectivity index (χ1v) is 7.80. The lowest BCUT2D eigenvalue weighted by Gasteiger charge is -2.13. The summed E-state index contributed by atoms with van der Waals surface area (Å²) in [6.07, 6.45) is 6.61. The molecule has 1 aromatic carbocycles. The van der Waals surface area contributed by atoms with E-state index in [4.69, 9.17) is 4.74 Å². The fraction of sp³-hybridized carbons (Fsp3) is 0.438. The van der Waals surface area contributed by atoms with Crippen molar-refractivity contribution in [3.05, 3.63) is 30.5 Å². The third-order valence-corrected chi connectivity index (χ3v) is 3.70. The average Bonchev–Trinajstić information content (AvgIpc) is 3.03. The van der Waals surface area contributed by atoms with Crippen LogP contribution < -0.4 is 15.4 Å². The standard InChI is InChI=1S/C16H21N5O/c1-2-22-14-10-6-5-9-13(14)19-16-20-15(11-17-21-16)18-12-7-3-4-8-12/h5-6,9-12H,2-4,7-8H2,1H3,(H2,18,19,20,21). The van der Waals surface area contributed by atoms with Crippen molar-refractivity contribution >= 4 is 17.5 Å². The van der Waals surface area contributed by atoms with Gasteiger partial charge in [-0.3, -0.25) is 0 Å². The van der Waals surface area contributed by atoms with Gasteiger partial charge >= 0.3 is 0 Å². The van der Waals surface area contributed by atoms with Gasteiger partial charge in [-0.15, -0.1) is 5.10 Å². The molecule has 2 aromatic rings. The first kappa shape index (κ1) is 14.6. The van der Waals surface area contributed by atoms with E-state index in [0.717, 1.165) is 17.3 Å². The molecule has 0 unspecified atom stereocenters. The molecule has 1 saturated carbocycles. The Morgan fingerprint density at radius 3 is 2.86 bits per heavy atom. The lowest BCUT2D eigenvalue weighted by atomic mass is 10.2. The third kappa shape index (κ3) is 3.63. The first-order chi connectivity index (χ1) is 10.8. The maximum atomic E-state index is 5.59. The molecule has 6 nitrogen and oxygen atoms in total. The smallest absolute Gasteiger partial charge is 0.249 e. The van der Waals surface area contributed by atoms with Crippen LogP contribution in [0, 0.1) is 0 Å². The molecule has 116 valence electrons. The quantitative estimate of drug-likeness (QED) is 0.852. The number of nitrogens with one attached hydrogen (secondary N) is 2. The Kier molecular flexibility index (Phi) is 4.68. The first-order valence-electron chi connectivity index (χ1n) is 7.80. The van der Waals surface area contributed by atoms with E-state index in [0.29, 0.717) is 18.6 Å². The van der Waals surface area contributed by atoms with Crippen molar-refractivity contribution < 1.29 is 4.74 Å². The Bertz CT molecular complexity index is 613. The van der Waals surface area contributed by atoms with Gasteiger partial charge in [0.05, 0.1) is 18.5 Å². The molecule has 1 aliphatic carbocycles. The largest absolute Gasteiger partial charge is 0.492 e. The Morgan fingerprint density at radius 2 is 2.05 bits per heavy atom. The van der Waals surface area contributed by atoms with E-state index in [9.17, 15) is 0 Å². The predicted octanol–water partition coefficient (Wildman–Crippen LogP) is 3.37. The molecule has 1 aromatic heterocycles. The van der Waals surface area contributed by atoms with Gasteiger partial charge in [0.25, 0.3) is 0 Å².